The Morgan fingerprint density at radius 1 is 1.29 bits per heavy atom. The zero-order valence-corrected chi connectivity index (χ0v) is 13.5. The SMILES string of the molecule is CC(C)c1cc2cc(C#N)c(OCc3ccccn3)cc2[nH]c1=O. The molecule has 2 aromatic heterocycles. The highest BCUT2D eigenvalue weighted by Crippen LogP contribution is 2.26. The monoisotopic (exact) mass is 319 g/mol. The molecule has 120 valence electrons. The Morgan fingerprint density at radius 2 is 2.12 bits per heavy atom. The molecule has 0 aliphatic heterocycles. The number of fused-ring (bicyclic) bond motifs is 1. The maximum absolute atomic E-state index is 12.1. The Bertz CT molecular complexity index is 970. The first-order chi connectivity index (χ1) is 11.6. The van der Waals surface area contributed by atoms with Crippen molar-refractivity contribution in [2.75, 3.05) is 0 Å². The summed E-state index contributed by atoms with van der Waals surface area (Å²) in [6.07, 6.45) is 1.69. The van der Waals surface area contributed by atoms with Crippen LogP contribution in [-0.4, -0.2) is 9.97 Å². The number of nitrogens with zero attached hydrogens (tertiary/aromatic N) is 2. The number of aromatic nitrogens is 2. The quantitative estimate of drug-likeness (QED) is 0.798. The topological polar surface area (TPSA) is 78.8 Å². The fourth-order valence-corrected chi connectivity index (χ4v) is 2.52. The van der Waals surface area contributed by atoms with Crippen molar-refractivity contribution in [3.63, 3.8) is 0 Å². The van der Waals surface area contributed by atoms with Crippen molar-refractivity contribution in [2.45, 2.75) is 26.4 Å². The van der Waals surface area contributed by atoms with Crippen molar-refractivity contribution in [1.29, 1.82) is 5.26 Å². The van der Waals surface area contributed by atoms with Crippen LogP contribution >= 0.6 is 0 Å². The molecule has 0 bridgehead atoms. The van der Waals surface area contributed by atoms with Gasteiger partial charge in [0.2, 0.25) is 0 Å². The first kappa shape index (κ1) is 15.8. The predicted octanol–water partition coefficient (Wildman–Crippen LogP) is 3.50. The van der Waals surface area contributed by atoms with E-state index < -0.39 is 0 Å². The predicted molar refractivity (Wildman–Crippen MR) is 91.9 cm³/mol. The number of aromatic amines is 1. The van der Waals surface area contributed by atoms with E-state index in [-0.39, 0.29) is 18.1 Å². The van der Waals surface area contributed by atoms with Gasteiger partial charge in [0.05, 0.1) is 16.8 Å². The zero-order chi connectivity index (χ0) is 17.1. The van der Waals surface area contributed by atoms with Gasteiger partial charge in [0.25, 0.3) is 5.56 Å². The lowest BCUT2D eigenvalue weighted by atomic mass is 10.0. The fourth-order valence-electron chi connectivity index (χ4n) is 2.52. The number of benzene rings is 1. The number of pyridine rings is 2. The first-order valence-electron chi connectivity index (χ1n) is 7.72. The molecule has 5 nitrogen and oxygen atoms in total. The number of hydrogen-bond donors (Lipinski definition) is 1. The van der Waals surface area contributed by atoms with Crippen molar-refractivity contribution < 1.29 is 4.74 Å². The molecule has 0 amide bonds. The van der Waals surface area contributed by atoms with Gasteiger partial charge in [0, 0.05) is 23.2 Å². The van der Waals surface area contributed by atoms with Crippen LogP contribution in [-0.2, 0) is 6.61 Å². The number of hydrogen-bond acceptors (Lipinski definition) is 4. The average Bonchev–Trinajstić information content (AvgIpc) is 2.59. The summed E-state index contributed by atoms with van der Waals surface area (Å²) in [7, 11) is 0. The number of rotatable bonds is 4. The summed E-state index contributed by atoms with van der Waals surface area (Å²) in [5, 5.41) is 10.2. The van der Waals surface area contributed by atoms with Gasteiger partial charge in [-0.05, 0) is 30.2 Å². The summed E-state index contributed by atoms with van der Waals surface area (Å²) in [6.45, 7) is 4.19. The van der Waals surface area contributed by atoms with Crippen molar-refractivity contribution in [1.82, 2.24) is 9.97 Å². The molecule has 3 aromatic rings. The van der Waals surface area contributed by atoms with Crippen LogP contribution in [0.2, 0.25) is 0 Å². The Kier molecular flexibility index (Phi) is 4.30. The summed E-state index contributed by atoms with van der Waals surface area (Å²) >= 11 is 0. The van der Waals surface area contributed by atoms with Crippen LogP contribution in [0.15, 0.2) is 47.4 Å². The van der Waals surface area contributed by atoms with Crippen LogP contribution in [0.1, 0.15) is 36.6 Å². The highest BCUT2D eigenvalue weighted by atomic mass is 16.5. The van der Waals surface area contributed by atoms with Crippen LogP contribution in [0.5, 0.6) is 5.75 Å². The van der Waals surface area contributed by atoms with E-state index in [0.29, 0.717) is 22.4 Å². The number of ether oxygens (including phenoxy) is 1. The smallest absolute Gasteiger partial charge is 0.251 e. The Morgan fingerprint density at radius 3 is 2.79 bits per heavy atom. The highest BCUT2D eigenvalue weighted by Gasteiger charge is 2.11. The molecule has 0 atom stereocenters. The Balaban J connectivity index is 2.00. The maximum Gasteiger partial charge on any atom is 0.251 e. The normalized spacial score (nSPS) is 10.8. The summed E-state index contributed by atoms with van der Waals surface area (Å²) in [5.41, 5.74) is 2.44. The van der Waals surface area contributed by atoms with Crippen LogP contribution in [0.3, 0.4) is 0 Å². The minimum atomic E-state index is -0.113. The van der Waals surface area contributed by atoms with Gasteiger partial charge in [-0.3, -0.25) is 9.78 Å². The summed E-state index contributed by atoms with van der Waals surface area (Å²) < 4.78 is 5.73. The standard InChI is InChI=1S/C19H17N3O2/c1-12(2)16-8-13-7-14(10-20)18(9-17(13)22-19(16)23)24-11-15-5-3-4-6-21-15/h3-9,12H,11H2,1-2H3,(H,22,23). The Labute approximate surface area is 139 Å². The lowest BCUT2D eigenvalue weighted by molar-refractivity contribution is 0.301. The van der Waals surface area contributed by atoms with Gasteiger partial charge in [-0.15, -0.1) is 0 Å². The molecule has 24 heavy (non-hydrogen) atoms. The molecule has 1 N–H and O–H groups in total. The van der Waals surface area contributed by atoms with E-state index in [2.05, 4.69) is 16.0 Å². The minimum Gasteiger partial charge on any atom is -0.486 e. The third kappa shape index (κ3) is 3.13. The van der Waals surface area contributed by atoms with Gasteiger partial charge < -0.3 is 9.72 Å². The largest absolute Gasteiger partial charge is 0.486 e. The number of nitriles is 1. The molecule has 0 aliphatic carbocycles. The highest BCUT2D eigenvalue weighted by molar-refractivity contribution is 5.83. The molecule has 0 saturated heterocycles. The van der Waals surface area contributed by atoms with E-state index in [9.17, 15) is 10.1 Å². The van der Waals surface area contributed by atoms with Gasteiger partial charge in [-0.25, -0.2) is 0 Å². The van der Waals surface area contributed by atoms with E-state index in [1.54, 1.807) is 18.3 Å². The molecule has 3 rings (SSSR count). The van der Waals surface area contributed by atoms with Crippen LogP contribution < -0.4 is 10.3 Å². The third-order valence-corrected chi connectivity index (χ3v) is 3.82. The summed E-state index contributed by atoms with van der Waals surface area (Å²) in [4.78, 5) is 19.2. The van der Waals surface area contributed by atoms with Gasteiger partial charge in [0.15, 0.2) is 0 Å². The molecule has 0 spiro atoms. The van der Waals surface area contributed by atoms with Crippen LogP contribution in [0.4, 0.5) is 0 Å². The molecule has 2 heterocycles. The third-order valence-electron chi connectivity index (χ3n) is 3.82. The van der Waals surface area contributed by atoms with E-state index in [0.717, 1.165) is 11.1 Å². The molecule has 5 heteroatoms. The van der Waals surface area contributed by atoms with Gasteiger partial charge >= 0.3 is 0 Å². The summed E-state index contributed by atoms with van der Waals surface area (Å²) in [6, 6.07) is 13.0. The van der Waals surface area contributed by atoms with Crippen LogP contribution in [0, 0.1) is 11.3 Å². The molecule has 0 saturated carbocycles. The molecule has 0 radical (unpaired) electrons. The maximum atomic E-state index is 12.1. The lowest BCUT2D eigenvalue weighted by Crippen LogP contribution is -2.13. The van der Waals surface area contributed by atoms with E-state index in [1.165, 1.54) is 0 Å². The first-order valence-corrected chi connectivity index (χ1v) is 7.72. The van der Waals surface area contributed by atoms with Crippen molar-refractivity contribution in [3.05, 3.63) is 69.8 Å². The second-order valence-corrected chi connectivity index (χ2v) is 5.87. The van der Waals surface area contributed by atoms with Crippen molar-refractivity contribution in [3.8, 4) is 11.8 Å². The van der Waals surface area contributed by atoms with Gasteiger partial charge in [-0.1, -0.05) is 19.9 Å². The van der Waals surface area contributed by atoms with E-state index in [1.807, 2.05) is 38.1 Å². The van der Waals surface area contributed by atoms with E-state index in [4.69, 9.17) is 4.74 Å². The average molecular weight is 319 g/mol. The molecule has 0 aliphatic rings. The minimum absolute atomic E-state index is 0.113. The van der Waals surface area contributed by atoms with Gasteiger partial charge in [0.1, 0.15) is 18.4 Å². The second kappa shape index (κ2) is 6.55. The van der Waals surface area contributed by atoms with Crippen molar-refractivity contribution in [2.24, 2.45) is 0 Å². The zero-order valence-electron chi connectivity index (χ0n) is 13.5. The van der Waals surface area contributed by atoms with Crippen LogP contribution in [0.25, 0.3) is 10.9 Å². The molecular formula is C19H17N3O2. The Hall–Kier alpha value is -3.13. The van der Waals surface area contributed by atoms with E-state index >= 15 is 0 Å². The molecule has 0 unspecified atom stereocenters. The number of H-pyrrole nitrogens is 1. The molecule has 0 fully saturated rings. The summed E-state index contributed by atoms with van der Waals surface area (Å²) in [5.74, 6) is 0.548. The fraction of sp³-hybridized carbons (Fsp3) is 0.211. The second-order valence-electron chi connectivity index (χ2n) is 5.87. The lowest BCUT2D eigenvalue weighted by Gasteiger charge is -2.11. The van der Waals surface area contributed by atoms with Crippen molar-refractivity contribution >= 4 is 10.9 Å². The molecule has 1 aromatic carbocycles. The molecular weight excluding hydrogens is 302 g/mol. The number of nitrogens with one attached hydrogen (secondary N) is 1. The van der Waals surface area contributed by atoms with Gasteiger partial charge in [-0.2, -0.15) is 5.26 Å².